The minimum absolute atomic E-state index is 0.0787. The zero-order chi connectivity index (χ0) is 20.0. The number of aryl methyl sites for hydroxylation is 2. The highest BCUT2D eigenvalue weighted by atomic mass is 32.2. The standard InChI is InChI=1S/C19H22N4O4S/c24-18(22-23-19(25)17-7-3-4-11-20-17)10-12-21-28(26,27)16-9-8-14-5-1-2-6-15(14)13-16/h3-4,7-9,11,13,21H,1-2,5-6,10,12H2,(H,22,24)(H,23,25). The molecule has 0 spiro atoms. The summed E-state index contributed by atoms with van der Waals surface area (Å²) < 4.78 is 27.3. The van der Waals surface area contributed by atoms with E-state index >= 15 is 0 Å². The minimum Gasteiger partial charge on any atom is -0.273 e. The predicted molar refractivity (Wildman–Crippen MR) is 103 cm³/mol. The number of rotatable bonds is 6. The second kappa shape index (κ2) is 8.94. The third kappa shape index (κ3) is 5.14. The van der Waals surface area contributed by atoms with Gasteiger partial charge < -0.3 is 0 Å². The fourth-order valence-corrected chi connectivity index (χ4v) is 4.09. The molecule has 148 valence electrons. The molecular weight excluding hydrogens is 380 g/mol. The summed E-state index contributed by atoms with van der Waals surface area (Å²) in [7, 11) is -3.69. The number of nitrogens with zero attached hydrogens (tertiary/aromatic N) is 1. The van der Waals surface area contributed by atoms with Crippen molar-refractivity contribution < 1.29 is 18.0 Å². The van der Waals surface area contributed by atoms with Crippen LogP contribution < -0.4 is 15.6 Å². The first-order valence-electron chi connectivity index (χ1n) is 9.07. The van der Waals surface area contributed by atoms with E-state index in [9.17, 15) is 18.0 Å². The Hall–Kier alpha value is -2.78. The molecule has 0 aliphatic heterocycles. The molecule has 9 heteroatoms. The highest BCUT2D eigenvalue weighted by Gasteiger charge is 2.18. The Balaban J connectivity index is 1.47. The lowest BCUT2D eigenvalue weighted by Crippen LogP contribution is -2.43. The number of amides is 2. The molecule has 0 fully saturated rings. The summed E-state index contributed by atoms with van der Waals surface area (Å²) in [5, 5.41) is 0. The molecule has 2 amide bonds. The van der Waals surface area contributed by atoms with Gasteiger partial charge in [-0.15, -0.1) is 0 Å². The summed E-state index contributed by atoms with van der Waals surface area (Å²) in [5.74, 6) is -1.07. The van der Waals surface area contributed by atoms with Gasteiger partial charge in [-0.2, -0.15) is 0 Å². The number of nitrogens with one attached hydrogen (secondary N) is 3. The molecular formula is C19H22N4O4S. The van der Waals surface area contributed by atoms with Gasteiger partial charge in [-0.1, -0.05) is 12.1 Å². The van der Waals surface area contributed by atoms with Crippen molar-refractivity contribution in [1.29, 1.82) is 0 Å². The van der Waals surface area contributed by atoms with Crippen LogP contribution in [-0.4, -0.2) is 31.8 Å². The van der Waals surface area contributed by atoms with Crippen LogP contribution in [0.4, 0.5) is 0 Å². The van der Waals surface area contributed by atoms with Crippen LogP contribution in [0.2, 0.25) is 0 Å². The second-order valence-electron chi connectivity index (χ2n) is 6.50. The van der Waals surface area contributed by atoms with E-state index in [4.69, 9.17) is 0 Å². The monoisotopic (exact) mass is 402 g/mol. The first-order chi connectivity index (χ1) is 13.5. The number of hydrogen-bond acceptors (Lipinski definition) is 5. The summed E-state index contributed by atoms with van der Waals surface area (Å²) in [5.41, 5.74) is 6.91. The lowest BCUT2D eigenvalue weighted by Gasteiger charge is -2.16. The van der Waals surface area contributed by atoms with Crippen molar-refractivity contribution in [3.63, 3.8) is 0 Å². The molecule has 1 aromatic carbocycles. The van der Waals surface area contributed by atoms with Gasteiger partial charge in [0.05, 0.1) is 4.90 Å². The third-order valence-electron chi connectivity index (χ3n) is 4.49. The Labute approximate surface area is 163 Å². The topological polar surface area (TPSA) is 117 Å². The number of aromatic nitrogens is 1. The van der Waals surface area contributed by atoms with Crippen LogP contribution in [0.3, 0.4) is 0 Å². The van der Waals surface area contributed by atoms with Gasteiger partial charge in [0, 0.05) is 19.2 Å². The van der Waals surface area contributed by atoms with E-state index in [2.05, 4.69) is 20.6 Å². The van der Waals surface area contributed by atoms with Gasteiger partial charge in [-0.25, -0.2) is 13.1 Å². The van der Waals surface area contributed by atoms with Crippen molar-refractivity contribution in [3.8, 4) is 0 Å². The van der Waals surface area contributed by atoms with Gasteiger partial charge >= 0.3 is 0 Å². The fourth-order valence-electron chi connectivity index (χ4n) is 3.01. The molecule has 1 aromatic heterocycles. The number of sulfonamides is 1. The van der Waals surface area contributed by atoms with Crippen molar-refractivity contribution in [2.45, 2.75) is 37.0 Å². The molecule has 0 saturated carbocycles. The van der Waals surface area contributed by atoms with Gasteiger partial charge in [0.2, 0.25) is 15.9 Å². The molecule has 3 rings (SSSR count). The fraction of sp³-hybridized carbons (Fsp3) is 0.316. The predicted octanol–water partition coefficient (Wildman–Crippen LogP) is 1.09. The van der Waals surface area contributed by atoms with E-state index in [0.717, 1.165) is 31.2 Å². The molecule has 8 nitrogen and oxygen atoms in total. The molecule has 1 heterocycles. The van der Waals surface area contributed by atoms with E-state index in [0.29, 0.717) is 0 Å². The maximum atomic E-state index is 12.4. The first-order valence-corrected chi connectivity index (χ1v) is 10.6. The zero-order valence-electron chi connectivity index (χ0n) is 15.3. The Morgan fingerprint density at radius 2 is 1.79 bits per heavy atom. The Morgan fingerprint density at radius 3 is 2.54 bits per heavy atom. The van der Waals surface area contributed by atoms with Gasteiger partial charge in [0.25, 0.3) is 5.91 Å². The average Bonchev–Trinajstić information content (AvgIpc) is 2.72. The van der Waals surface area contributed by atoms with Crippen LogP contribution >= 0.6 is 0 Å². The summed E-state index contributed by atoms with van der Waals surface area (Å²) in [4.78, 5) is 27.7. The van der Waals surface area contributed by atoms with Crippen molar-refractivity contribution >= 4 is 21.8 Å². The molecule has 28 heavy (non-hydrogen) atoms. The summed E-state index contributed by atoms with van der Waals surface area (Å²) in [6.45, 7) is -0.0787. The van der Waals surface area contributed by atoms with Gasteiger partial charge in [-0.3, -0.25) is 25.4 Å². The van der Waals surface area contributed by atoms with E-state index in [-0.39, 0.29) is 23.6 Å². The summed E-state index contributed by atoms with van der Waals surface area (Å²) in [6.07, 6.45) is 5.40. The lowest BCUT2D eigenvalue weighted by atomic mass is 9.92. The summed E-state index contributed by atoms with van der Waals surface area (Å²) >= 11 is 0. The number of fused-ring (bicyclic) bond motifs is 1. The van der Waals surface area contributed by atoms with Crippen LogP contribution in [-0.2, 0) is 27.7 Å². The SMILES string of the molecule is O=C(CCNS(=O)(=O)c1ccc2c(c1)CCCC2)NNC(=O)c1ccccn1. The molecule has 0 bridgehead atoms. The van der Waals surface area contributed by atoms with E-state index in [1.165, 1.54) is 17.8 Å². The minimum atomic E-state index is -3.69. The van der Waals surface area contributed by atoms with E-state index in [1.54, 1.807) is 24.3 Å². The van der Waals surface area contributed by atoms with Crippen molar-refractivity contribution in [3.05, 3.63) is 59.4 Å². The third-order valence-corrected chi connectivity index (χ3v) is 5.95. The molecule has 0 atom stereocenters. The van der Waals surface area contributed by atoms with Gasteiger partial charge in [0.1, 0.15) is 5.69 Å². The number of hydrazine groups is 1. The Morgan fingerprint density at radius 1 is 1.00 bits per heavy atom. The Kier molecular flexibility index (Phi) is 6.37. The quantitative estimate of drug-likeness (QED) is 0.625. The van der Waals surface area contributed by atoms with Crippen LogP contribution in [0.5, 0.6) is 0 Å². The number of pyridine rings is 1. The number of hydrogen-bond donors (Lipinski definition) is 3. The highest BCUT2D eigenvalue weighted by molar-refractivity contribution is 7.89. The highest BCUT2D eigenvalue weighted by Crippen LogP contribution is 2.23. The molecule has 1 aliphatic rings. The van der Waals surface area contributed by atoms with Crippen molar-refractivity contribution in [2.24, 2.45) is 0 Å². The van der Waals surface area contributed by atoms with Crippen LogP contribution in [0.25, 0.3) is 0 Å². The maximum Gasteiger partial charge on any atom is 0.288 e. The lowest BCUT2D eigenvalue weighted by molar-refractivity contribution is -0.121. The van der Waals surface area contributed by atoms with Crippen LogP contribution in [0, 0.1) is 0 Å². The van der Waals surface area contributed by atoms with Gasteiger partial charge in [-0.05, 0) is 61.1 Å². The number of benzene rings is 1. The maximum absolute atomic E-state index is 12.4. The zero-order valence-corrected chi connectivity index (χ0v) is 16.1. The van der Waals surface area contributed by atoms with Crippen molar-refractivity contribution in [1.82, 2.24) is 20.6 Å². The van der Waals surface area contributed by atoms with Crippen molar-refractivity contribution in [2.75, 3.05) is 6.54 Å². The molecule has 1 aliphatic carbocycles. The molecule has 0 unspecified atom stereocenters. The smallest absolute Gasteiger partial charge is 0.273 e. The number of carbonyl (C=O) groups excluding carboxylic acids is 2. The molecule has 2 aromatic rings. The van der Waals surface area contributed by atoms with Gasteiger partial charge in [0.15, 0.2) is 0 Å². The first kappa shape index (κ1) is 20.0. The van der Waals surface area contributed by atoms with E-state index < -0.39 is 21.8 Å². The van der Waals surface area contributed by atoms with Crippen LogP contribution in [0.1, 0.15) is 40.9 Å². The average molecular weight is 402 g/mol. The molecule has 0 radical (unpaired) electrons. The Bertz CT molecular complexity index is 961. The van der Waals surface area contributed by atoms with Crippen LogP contribution in [0.15, 0.2) is 47.5 Å². The molecule has 0 saturated heterocycles. The molecule has 3 N–H and O–H groups in total. The normalized spacial score (nSPS) is 13.4. The van der Waals surface area contributed by atoms with E-state index in [1.807, 2.05) is 6.07 Å². The second-order valence-corrected chi connectivity index (χ2v) is 8.27. The largest absolute Gasteiger partial charge is 0.288 e. The summed E-state index contributed by atoms with van der Waals surface area (Å²) in [6, 6.07) is 10.0. The number of carbonyl (C=O) groups is 2.